The molecule has 0 spiro atoms. The van der Waals surface area contributed by atoms with Gasteiger partial charge in [0.15, 0.2) is 0 Å². The van der Waals surface area contributed by atoms with Gasteiger partial charge in [-0.05, 0) is 25.1 Å². The normalized spacial score (nSPS) is 18.9. The molecule has 110 valence electrons. The van der Waals surface area contributed by atoms with Crippen molar-refractivity contribution in [2.24, 2.45) is 0 Å². The first-order valence-corrected chi connectivity index (χ1v) is 7.46. The van der Waals surface area contributed by atoms with Crippen molar-refractivity contribution in [1.29, 1.82) is 0 Å². The van der Waals surface area contributed by atoms with Crippen molar-refractivity contribution in [1.82, 2.24) is 10.2 Å². The molecule has 1 amide bonds. The van der Waals surface area contributed by atoms with E-state index in [0.717, 1.165) is 11.0 Å². The van der Waals surface area contributed by atoms with Gasteiger partial charge >= 0.3 is 0 Å². The molecule has 6 heteroatoms. The predicted octanol–water partition coefficient (Wildman–Crippen LogP) is 1.93. The number of halogens is 2. The van der Waals surface area contributed by atoms with Crippen LogP contribution < -0.4 is 5.32 Å². The number of carbonyl (C=O) groups is 1. The van der Waals surface area contributed by atoms with Crippen molar-refractivity contribution in [3.63, 3.8) is 0 Å². The highest BCUT2D eigenvalue weighted by atomic mass is 79.9. The van der Waals surface area contributed by atoms with E-state index in [9.17, 15) is 9.18 Å². The monoisotopic (exact) mass is 344 g/mol. The van der Waals surface area contributed by atoms with Crippen LogP contribution in [0.5, 0.6) is 0 Å². The van der Waals surface area contributed by atoms with E-state index >= 15 is 0 Å². The largest absolute Gasteiger partial charge is 0.366 e. The smallest absolute Gasteiger partial charge is 0.253 e. The molecule has 1 fully saturated rings. The highest BCUT2D eigenvalue weighted by molar-refractivity contribution is 9.10. The summed E-state index contributed by atoms with van der Waals surface area (Å²) in [5, 5.41) is 3.12. The van der Waals surface area contributed by atoms with Crippen molar-refractivity contribution < 1.29 is 13.9 Å². The van der Waals surface area contributed by atoms with Crippen LogP contribution in [-0.4, -0.2) is 43.2 Å². The molecule has 0 bridgehead atoms. The van der Waals surface area contributed by atoms with Gasteiger partial charge in [-0.15, -0.1) is 0 Å². The van der Waals surface area contributed by atoms with Crippen LogP contribution in [0.4, 0.5) is 4.39 Å². The van der Waals surface area contributed by atoms with Crippen LogP contribution >= 0.6 is 15.9 Å². The quantitative estimate of drug-likeness (QED) is 0.907. The Morgan fingerprint density at radius 3 is 3.05 bits per heavy atom. The predicted molar refractivity (Wildman–Crippen MR) is 77.8 cm³/mol. The number of hydrogen-bond donors (Lipinski definition) is 1. The second kappa shape index (κ2) is 7.15. The Morgan fingerprint density at radius 1 is 1.60 bits per heavy atom. The lowest BCUT2D eigenvalue weighted by Gasteiger charge is -2.29. The third-order valence-electron chi connectivity index (χ3n) is 3.27. The van der Waals surface area contributed by atoms with Gasteiger partial charge in [-0.1, -0.05) is 15.9 Å². The number of amides is 1. The van der Waals surface area contributed by atoms with E-state index in [1.165, 1.54) is 6.07 Å². The van der Waals surface area contributed by atoms with Crippen LogP contribution in [0.2, 0.25) is 0 Å². The minimum absolute atomic E-state index is 0.0981. The topological polar surface area (TPSA) is 41.6 Å². The lowest BCUT2D eigenvalue weighted by Crippen LogP contribution is -2.49. The lowest BCUT2D eigenvalue weighted by molar-refractivity contribution is -0.145. The average molecular weight is 345 g/mol. The van der Waals surface area contributed by atoms with Gasteiger partial charge in [-0.3, -0.25) is 4.79 Å². The van der Waals surface area contributed by atoms with Crippen LogP contribution in [0.15, 0.2) is 22.7 Å². The summed E-state index contributed by atoms with van der Waals surface area (Å²) in [6, 6.07) is 4.74. The Labute approximate surface area is 126 Å². The number of rotatable bonds is 4. The van der Waals surface area contributed by atoms with Crippen LogP contribution in [0.1, 0.15) is 12.5 Å². The number of carbonyl (C=O) groups excluding carboxylic acids is 1. The zero-order valence-electron chi connectivity index (χ0n) is 11.4. The first-order valence-electron chi connectivity index (χ1n) is 6.67. The van der Waals surface area contributed by atoms with Gasteiger partial charge in [0.05, 0.1) is 6.61 Å². The van der Waals surface area contributed by atoms with Crippen LogP contribution in [0.25, 0.3) is 0 Å². The molecule has 1 aromatic carbocycles. The van der Waals surface area contributed by atoms with E-state index in [-0.39, 0.29) is 18.3 Å². The number of hydrogen-bond acceptors (Lipinski definition) is 3. The Bertz CT molecular complexity index is 478. The minimum Gasteiger partial charge on any atom is -0.366 e. The molecule has 1 N–H and O–H groups in total. The maximum absolute atomic E-state index is 13.8. The summed E-state index contributed by atoms with van der Waals surface area (Å²) in [6.45, 7) is 4.45. The van der Waals surface area contributed by atoms with Gasteiger partial charge < -0.3 is 15.0 Å². The van der Waals surface area contributed by atoms with Crippen molar-refractivity contribution in [2.75, 3.05) is 26.2 Å². The summed E-state index contributed by atoms with van der Waals surface area (Å²) >= 11 is 3.32. The molecule has 1 atom stereocenters. The van der Waals surface area contributed by atoms with Crippen molar-refractivity contribution in [3.05, 3.63) is 34.1 Å². The Hall–Kier alpha value is -0.980. The van der Waals surface area contributed by atoms with Gasteiger partial charge in [0.25, 0.3) is 5.91 Å². The molecule has 20 heavy (non-hydrogen) atoms. The molecule has 4 nitrogen and oxygen atoms in total. The van der Waals surface area contributed by atoms with Gasteiger partial charge in [-0.2, -0.15) is 0 Å². The van der Waals surface area contributed by atoms with E-state index < -0.39 is 6.10 Å². The highest BCUT2D eigenvalue weighted by Gasteiger charge is 2.26. The van der Waals surface area contributed by atoms with Gasteiger partial charge in [0, 0.05) is 36.2 Å². The summed E-state index contributed by atoms with van der Waals surface area (Å²) in [4.78, 5) is 14.0. The average Bonchev–Trinajstić information content (AvgIpc) is 2.48. The summed E-state index contributed by atoms with van der Waals surface area (Å²) < 4.78 is 20.0. The molecule has 0 saturated carbocycles. The fourth-order valence-corrected chi connectivity index (χ4v) is 2.55. The fraction of sp³-hybridized carbons (Fsp3) is 0.500. The third kappa shape index (κ3) is 3.77. The maximum atomic E-state index is 13.8. The molecule has 0 radical (unpaired) electrons. The molecule has 0 aromatic heterocycles. The molecule has 1 aliphatic heterocycles. The zero-order valence-corrected chi connectivity index (χ0v) is 13.0. The van der Waals surface area contributed by atoms with Gasteiger partial charge in [0.2, 0.25) is 0 Å². The number of nitrogens with one attached hydrogen (secondary N) is 1. The van der Waals surface area contributed by atoms with Crippen LogP contribution in [0, 0.1) is 5.82 Å². The summed E-state index contributed by atoms with van der Waals surface area (Å²) in [7, 11) is 0. The van der Waals surface area contributed by atoms with E-state index in [4.69, 9.17) is 4.74 Å². The molecule has 1 unspecified atom stereocenters. The standard InChI is InChI=1S/C14H18BrFN2O2/c1-2-18(14(19)13-8-17-5-6-20-13)9-10-7-11(15)3-4-12(10)16/h3-4,7,13,17H,2,5-6,8-9H2,1H3. The van der Waals surface area contributed by atoms with Crippen molar-refractivity contribution in [2.45, 2.75) is 19.6 Å². The first kappa shape index (κ1) is 15.4. The molecule has 2 rings (SSSR count). The lowest BCUT2D eigenvalue weighted by atomic mass is 10.1. The zero-order chi connectivity index (χ0) is 14.5. The van der Waals surface area contributed by atoms with Crippen molar-refractivity contribution >= 4 is 21.8 Å². The summed E-state index contributed by atoms with van der Waals surface area (Å²) in [5.74, 6) is -0.402. The minimum atomic E-state index is -0.473. The summed E-state index contributed by atoms with van der Waals surface area (Å²) in [6.07, 6.45) is -0.473. The Morgan fingerprint density at radius 2 is 2.40 bits per heavy atom. The molecule has 0 aliphatic carbocycles. The second-order valence-electron chi connectivity index (χ2n) is 4.65. The second-order valence-corrected chi connectivity index (χ2v) is 5.57. The number of nitrogens with zero attached hydrogens (tertiary/aromatic N) is 1. The fourth-order valence-electron chi connectivity index (χ4n) is 2.14. The maximum Gasteiger partial charge on any atom is 0.253 e. The van der Waals surface area contributed by atoms with E-state index in [2.05, 4.69) is 21.2 Å². The Kier molecular flexibility index (Phi) is 5.51. The molecular weight excluding hydrogens is 327 g/mol. The Balaban J connectivity index is 2.07. The molecule has 1 heterocycles. The highest BCUT2D eigenvalue weighted by Crippen LogP contribution is 2.18. The van der Waals surface area contributed by atoms with E-state index in [1.54, 1.807) is 17.0 Å². The third-order valence-corrected chi connectivity index (χ3v) is 3.76. The molecule has 1 saturated heterocycles. The van der Waals surface area contributed by atoms with Crippen LogP contribution in [0.3, 0.4) is 0 Å². The molecule has 1 aromatic rings. The van der Waals surface area contributed by atoms with Crippen LogP contribution in [-0.2, 0) is 16.1 Å². The summed E-state index contributed by atoms with van der Waals surface area (Å²) in [5.41, 5.74) is 0.498. The molecule has 1 aliphatic rings. The number of likely N-dealkylation sites (N-methyl/N-ethyl adjacent to an activating group) is 1. The van der Waals surface area contributed by atoms with Crippen molar-refractivity contribution in [3.8, 4) is 0 Å². The number of morpholine rings is 1. The van der Waals surface area contributed by atoms with Gasteiger partial charge in [-0.25, -0.2) is 4.39 Å². The molecular formula is C14H18BrFN2O2. The first-order chi connectivity index (χ1) is 9.61. The SMILES string of the molecule is CCN(Cc1cc(Br)ccc1F)C(=O)C1CNCCO1. The number of benzene rings is 1. The number of ether oxygens (including phenoxy) is 1. The van der Waals surface area contributed by atoms with E-state index in [1.807, 2.05) is 6.92 Å². The van der Waals surface area contributed by atoms with E-state index in [0.29, 0.717) is 25.3 Å². The van der Waals surface area contributed by atoms with Gasteiger partial charge in [0.1, 0.15) is 11.9 Å².